The maximum atomic E-state index is 11.9. The van der Waals surface area contributed by atoms with Gasteiger partial charge in [-0.1, -0.05) is 13.8 Å². The number of halogens is 1. The van der Waals surface area contributed by atoms with E-state index in [1.54, 1.807) is 11.1 Å². The molecule has 9 heteroatoms. The third-order valence-corrected chi connectivity index (χ3v) is 3.95. The van der Waals surface area contributed by atoms with Crippen molar-refractivity contribution in [3.05, 3.63) is 24.0 Å². The van der Waals surface area contributed by atoms with Gasteiger partial charge in [0.2, 0.25) is 0 Å². The summed E-state index contributed by atoms with van der Waals surface area (Å²) in [5.74, 6) is -0.645. The largest absolute Gasteiger partial charge is 0.481 e. The van der Waals surface area contributed by atoms with Crippen molar-refractivity contribution in [1.29, 1.82) is 0 Å². The van der Waals surface area contributed by atoms with Gasteiger partial charge in [0.15, 0.2) is 6.73 Å². The third-order valence-electron chi connectivity index (χ3n) is 3.95. The molecule has 154 valence electrons. The van der Waals surface area contributed by atoms with Gasteiger partial charge < -0.3 is 29.8 Å². The van der Waals surface area contributed by atoms with Gasteiger partial charge in [-0.25, -0.2) is 4.79 Å². The van der Waals surface area contributed by atoms with E-state index in [-0.39, 0.29) is 49.6 Å². The van der Waals surface area contributed by atoms with Crippen LogP contribution in [0.15, 0.2) is 24.0 Å². The number of carbonyl (C=O) groups excluding carboxylic acids is 2. The first-order valence-corrected chi connectivity index (χ1v) is 8.70. The summed E-state index contributed by atoms with van der Waals surface area (Å²) in [6, 6.07) is 0. The highest BCUT2D eigenvalue weighted by Gasteiger charge is 2.17. The Hall–Kier alpha value is -1.78. The molecule has 1 atom stereocenters. The van der Waals surface area contributed by atoms with E-state index >= 15 is 0 Å². The summed E-state index contributed by atoms with van der Waals surface area (Å²) in [4.78, 5) is 37.0. The number of hydrogen-bond donors (Lipinski definition) is 2. The number of nitrogens with zero attached hydrogens (tertiary/aromatic N) is 2. The smallest absolute Gasteiger partial charge is 0.408 e. The molecule has 2 N–H and O–H groups in total. The molecule has 0 aromatic heterocycles. The lowest BCUT2D eigenvalue weighted by Gasteiger charge is -2.29. The van der Waals surface area contributed by atoms with Gasteiger partial charge in [-0.15, -0.1) is 24.0 Å². The molecule has 0 spiro atoms. The summed E-state index contributed by atoms with van der Waals surface area (Å²) >= 11 is 0. The molecular weight excluding hydrogens is 465 g/mol. The van der Waals surface area contributed by atoms with Crippen molar-refractivity contribution in [3.8, 4) is 0 Å². The second-order valence-corrected chi connectivity index (χ2v) is 6.83. The highest BCUT2D eigenvalue weighted by Crippen LogP contribution is 2.15. The van der Waals surface area contributed by atoms with Gasteiger partial charge in [0.25, 0.3) is 0 Å². The topological polar surface area (TPSA) is 99.2 Å². The Bertz CT molecular complexity index is 551. The monoisotopic (exact) mass is 495 g/mol. The van der Waals surface area contributed by atoms with Gasteiger partial charge in [-0.3, -0.25) is 4.79 Å². The van der Waals surface area contributed by atoms with Crippen LogP contribution in [0.4, 0.5) is 4.79 Å². The van der Waals surface area contributed by atoms with E-state index in [1.165, 1.54) is 0 Å². The minimum atomic E-state index is -0.872. The fourth-order valence-electron chi connectivity index (χ4n) is 2.73. The molecule has 0 aromatic carbocycles. The first kappa shape index (κ1) is 25.2. The van der Waals surface area contributed by atoms with Crippen LogP contribution < -0.4 is 5.32 Å². The van der Waals surface area contributed by atoms with Crippen LogP contribution in [0.2, 0.25) is 0 Å². The van der Waals surface area contributed by atoms with E-state index in [4.69, 9.17) is 9.84 Å². The van der Waals surface area contributed by atoms with Crippen LogP contribution >= 0.6 is 24.0 Å². The van der Waals surface area contributed by atoms with Crippen molar-refractivity contribution in [2.45, 2.75) is 26.7 Å². The van der Waals surface area contributed by atoms with Crippen LogP contribution in [-0.2, 0) is 14.3 Å². The molecule has 0 aromatic rings. The number of aliphatic carboxylic acids is 1. The van der Waals surface area contributed by atoms with Gasteiger partial charge in [-0.2, -0.15) is 0 Å². The number of hydrogen-bond acceptors (Lipinski definition) is 6. The van der Waals surface area contributed by atoms with Crippen LogP contribution in [0, 0.1) is 11.8 Å². The van der Waals surface area contributed by atoms with Crippen molar-refractivity contribution in [1.82, 2.24) is 15.1 Å². The number of allylic oxidation sites excluding steroid dienone is 2. The quantitative estimate of drug-likeness (QED) is 0.335. The van der Waals surface area contributed by atoms with Crippen LogP contribution in [0.5, 0.6) is 0 Å². The molecule has 1 amide bonds. The van der Waals surface area contributed by atoms with E-state index < -0.39 is 12.1 Å². The van der Waals surface area contributed by atoms with E-state index in [9.17, 15) is 14.4 Å². The number of ether oxygens (including phenoxy) is 1. The SMILES string of the molecule is CC(C)CC(CNC(=O)OCN1C=CC=C(N(C)CC=O)C1)CC(=O)O.I. The highest BCUT2D eigenvalue weighted by molar-refractivity contribution is 14.0. The van der Waals surface area contributed by atoms with Gasteiger partial charge >= 0.3 is 12.1 Å². The molecular formula is C18H30IN3O5. The molecule has 0 bridgehead atoms. The van der Waals surface area contributed by atoms with Crippen molar-refractivity contribution in [3.63, 3.8) is 0 Å². The number of likely N-dealkylation sites (N-methyl/N-ethyl adjacent to an activating group) is 1. The molecule has 0 saturated carbocycles. The Morgan fingerprint density at radius 3 is 2.74 bits per heavy atom. The lowest BCUT2D eigenvalue weighted by atomic mass is 9.94. The summed E-state index contributed by atoms with van der Waals surface area (Å²) < 4.78 is 5.19. The molecule has 1 aliphatic heterocycles. The summed E-state index contributed by atoms with van der Waals surface area (Å²) in [5, 5.41) is 11.6. The van der Waals surface area contributed by atoms with E-state index in [0.717, 1.165) is 18.4 Å². The Morgan fingerprint density at radius 1 is 1.44 bits per heavy atom. The van der Waals surface area contributed by atoms with Crippen molar-refractivity contribution >= 4 is 42.3 Å². The number of aldehydes is 1. The van der Waals surface area contributed by atoms with E-state index in [0.29, 0.717) is 19.0 Å². The summed E-state index contributed by atoms with van der Waals surface area (Å²) in [6.07, 6.45) is 6.53. The fourth-order valence-corrected chi connectivity index (χ4v) is 2.73. The van der Waals surface area contributed by atoms with Gasteiger partial charge in [-0.05, 0) is 30.4 Å². The molecule has 1 aliphatic rings. The average molecular weight is 495 g/mol. The first-order valence-electron chi connectivity index (χ1n) is 8.70. The van der Waals surface area contributed by atoms with Crippen molar-refractivity contribution in [2.75, 3.05) is 33.4 Å². The standard InChI is InChI=1S/C18H29N3O5.HI/c1-14(2)9-15(10-17(23)24)11-19-18(25)26-13-21-6-4-5-16(12-21)20(3)7-8-22;/h4-6,8,14-15H,7,9-13H2,1-3H3,(H,19,25)(H,23,24);1H. The molecule has 0 fully saturated rings. The van der Waals surface area contributed by atoms with Crippen LogP contribution in [0.1, 0.15) is 26.7 Å². The lowest BCUT2D eigenvalue weighted by molar-refractivity contribution is -0.138. The number of rotatable bonds is 11. The molecule has 1 heterocycles. The van der Waals surface area contributed by atoms with Crippen LogP contribution in [0.3, 0.4) is 0 Å². The van der Waals surface area contributed by atoms with Gasteiger partial charge in [0, 0.05) is 31.9 Å². The van der Waals surface area contributed by atoms with Crippen molar-refractivity contribution in [2.24, 2.45) is 11.8 Å². The number of nitrogens with one attached hydrogen (secondary N) is 1. The minimum absolute atomic E-state index is 0. The number of alkyl carbamates (subject to hydrolysis) is 1. The molecule has 27 heavy (non-hydrogen) atoms. The Labute approximate surface area is 177 Å². The second-order valence-electron chi connectivity index (χ2n) is 6.83. The Morgan fingerprint density at radius 2 is 2.15 bits per heavy atom. The third kappa shape index (κ3) is 10.8. The summed E-state index contributed by atoms with van der Waals surface area (Å²) in [6.45, 7) is 5.21. The summed E-state index contributed by atoms with van der Waals surface area (Å²) in [7, 11) is 1.82. The highest BCUT2D eigenvalue weighted by atomic mass is 127. The number of carboxylic acid groups (broad SMARTS) is 1. The van der Waals surface area contributed by atoms with Gasteiger partial charge in [0.1, 0.15) is 6.29 Å². The normalized spacial score (nSPS) is 14.1. The Balaban J connectivity index is 0.00000676. The average Bonchev–Trinajstić information content (AvgIpc) is 2.57. The molecule has 0 radical (unpaired) electrons. The van der Waals surface area contributed by atoms with Gasteiger partial charge in [0.05, 0.1) is 13.1 Å². The maximum Gasteiger partial charge on any atom is 0.408 e. The molecule has 8 nitrogen and oxygen atoms in total. The second kappa shape index (κ2) is 13.4. The molecule has 1 unspecified atom stereocenters. The minimum Gasteiger partial charge on any atom is -0.481 e. The zero-order valence-electron chi connectivity index (χ0n) is 16.1. The lowest BCUT2D eigenvalue weighted by Crippen LogP contribution is -2.36. The molecule has 1 rings (SSSR count). The number of carbonyl (C=O) groups is 3. The number of amides is 1. The van der Waals surface area contributed by atoms with E-state index in [2.05, 4.69) is 5.32 Å². The van der Waals surface area contributed by atoms with E-state index in [1.807, 2.05) is 37.9 Å². The van der Waals surface area contributed by atoms with Crippen LogP contribution in [0.25, 0.3) is 0 Å². The number of carboxylic acids is 1. The molecule has 0 aliphatic carbocycles. The van der Waals surface area contributed by atoms with Crippen LogP contribution in [-0.4, -0.2) is 66.7 Å². The molecule has 0 saturated heterocycles. The fraction of sp³-hybridized carbons (Fsp3) is 0.611. The maximum absolute atomic E-state index is 11.9. The predicted molar refractivity (Wildman–Crippen MR) is 113 cm³/mol. The van der Waals surface area contributed by atoms with Crippen molar-refractivity contribution < 1.29 is 24.2 Å². The summed E-state index contributed by atoms with van der Waals surface area (Å²) in [5.41, 5.74) is 0.946. The Kier molecular flexibility index (Phi) is 12.5. The zero-order valence-corrected chi connectivity index (χ0v) is 18.4. The predicted octanol–water partition coefficient (Wildman–Crippen LogP) is 2.27. The zero-order chi connectivity index (χ0) is 19.5. The first-order chi connectivity index (χ1) is 12.3.